The Morgan fingerprint density at radius 3 is 2.80 bits per heavy atom. The highest BCUT2D eigenvalue weighted by molar-refractivity contribution is 5.34. The predicted molar refractivity (Wildman–Crippen MR) is 102 cm³/mol. The summed E-state index contributed by atoms with van der Waals surface area (Å²) in [6.45, 7) is 6.85. The van der Waals surface area contributed by atoms with Crippen LogP contribution in [0.1, 0.15) is 54.4 Å². The first kappa shape index (κ1) is 18.2. The molecule has 0 radical (unpaired) electrons. The Balaban J connectivity index is 1.73. The quantitative estimate of drug-likeness (QED) is 0.906. The lowest BCUT2D eigenvalue weighted by Crippen LogP contribution is -2.31. The molecule has 0 aliphatic carbocycles. The van der Waals surface area contributed by atoms with Gasteiger partial charge in [0.05, 0.1) is 6.20 Å². The minimum atomic E-state index is 0.228. The molecular formula is C21H31N3O. The molecule has 2 aromatic rings. The second kappa shape index (κ2) is 8.15. The van der Waals surface area contributed by atoms with Crippen molar-refractivity contribution in [2.75, 3.05) is 13.2 Å². The Kier molecular flexibility index (Phi) is 5.92. The number of aliphatic hydroxyl groups is 1. The number of benzene rings is 1. The zero-order valence-electron chi connectivity index (χ0n) is 15.8. The van der Waals surface area contributed by atoms with Crippen LogP contribution in [0.5, 0.6) is 0 Å². The number of hydrogen-bond donors (Lipinski definition) is 1. The predicted octanol–water partition coefficient (Wildman–Crippen LogP) is 3.42. The van der Waals surface area contributed by atoms with Gasteiger partial charge in [0.25, 0.3) is 0 Å². The minimum absolute atomic E-state index is 0.228. The highest BCUT2D eigenvalue weighted by Crippen LogP contribution is 2.33. The molecule has 1 N–H and O–H groups in total. The molecule has 0 spiro atoms. The van der Waals surface area contributed by atoms with Gasteiger partial charge >= 0.3 is 0 Å². The molecule has 1 aliphatic rings. The van der Waals surface area contributed by atoms with Gasteiger partial charge in [0.1, 0.15) is 0 Å². The molecule has 136 valence electrons. The van der Waals surface area contributed by atoms with E-state index in [1.807, 2.05) is 17.9 Å². The maximum absolute atomic E-state index is 9.40. The maximum Gasteiger partial charge on any atom is 0.0534 e. The SMILES string of the molecule is Cc1ccc(CCO)c(C2CCC(C)N(Cc3cnn(C)c3)CC2)c1. The highest BCUT2D eigenvalue weighted by Gasteiger charge is 2.25. The standard InChI is InChI=1S/C21H31N3O/c1-16-4-6-20(9-11-25)21(12-16)19-7-5-17(2)24(10-8-19)15-18-13-22-23(3)14-18/h4,6,12-14,17,19,25H,5,7-11,15H2,1-3H3. The van der Waals surface area contributed by atoms with Crippen molar-refractivity contribution in [3.05, 3.63) is 52.8 Å². The van der Waals surface area contributed by atoms with Crippen LogP contribution in [-0.4, -0.2) is 39.0 Å². The van der Waals surface area contributed by atoms with E-state index in [1.165, 1.54) is 41.5 Å². The molecule has 1 aromatic heterocycles. The molecule has 3 rings (SSSR count). The molecule has 0 amide bonds. The number of aliphatic hydroxyl groups excluding tert-OH is 1. The summed E-state index contributed by atoms with van der Waals surface area (Å²) in [4.78, 5) is 2.60. The Labute approximate surface area is 151 Å². The second-order valence-corrected chi connectivity index (χ2v) is 7.58. The van der Waals surface area contributed by atoms with E-state index in [4.69, 9.17) is 0 Å². The Bertz CT molecular complexity index is 694. The molecule has 0 bridgehead atoms. The van der Waals surface area contributed by atoms with Crippen molar-refractivity contribution >= 4 is 0 Å². The monoisotopic (exact) mass is 341 g/mol. The van der Waals surface area contributed by atoms with E-state index in [9.17, 15) is 5.11 Å². The number of hydrogen-bond acceptors (Lipinski definition) is 3. The summed E-state index contributed by atoms with van der Waals surface area (Å²) >= 11 is 0. The molecule has 0 saturated carbocycles. The van der Waals surface area contributed by atoms with Gasteiger partial charge < -0.3 is 5.11 Å². The van der Waals surface area contributed by atoms with Gasteiger partial charge in [-0.25, -0.2) is 0 Å². The number of nitrogens with zero attached hydrogens (tertiary/aromatic N) is 3. The van der Waals surface area contributed by atoms with Crippen LogP contribution < -0.4 is 0 Å². The molecule has 2 unspecified atom stereocenters. The second-order valence-electron chi connectivity index (χ2n) is 7.58. The maximum atomic E-state index is 9.40. The number of rotatable bonds is 5. The van der Waals surface area contributed by atoms with Gasteiger partial charge in [-0.1, -0.05) is 23.8 Å². The summed E-state index contributed by atoms with van der Waals surface area (Å²) in [6.07, 6.45) is 8.50. The molecule has 1 aliphatic heterocycles. The highest BCUT2D eigenvalue weighted by atomic mass is 16.2. The van der Waals surface area contributed by atoms with Crippen molar-refractivity contribution < 1.29 is 5.11 Å². The van der Waals surface area contributed by atoms with Gasteiger partial charge in [0, 0.05) is 38.0 Å². The fourth-order valence-corrected chi connectivity index (χ4v) is 4.09. The van der Waals surface area contributed by atoms with E-state index in [0.29, 0.717) is 12.0 Å². The van der Waals surface area contributed by atoms with Gasteiger partial charge in [-0.05, 0) is 63.1 Å². The Morgan fingerprint density at radius 2 is 2.08 bits per heavy atom. The summed E-state index contributed by atoms with van der Waals surface area (Å²) in [5.41, 5.74) is 5.40. The van der Waals surface area contributed by atoms with E-state index < -0.39 is 0 Å². The molecule has 1 fully saturated rings. The molecule has 2 heterocycles. The molecule has 1 saturated heterocycles. The first-order chi connectivity index (χ1) is 12.1. The van der Waals surface area contributed by atoms with Gasteiger partial charge in [-0.15, -0.1) is 0 Å². The molecule has 1 aromatic carbocycles. The van der Waals surface area contributed by atoms with Crippen LogP contribution in [-0.2, 0) is 20.0 Å². The van der Waals surface area contributed by atoms with Crippen LogP contribution in [0.3, 0.4) is 0 Å². The third kappa shape index (κ3) is 4.50. The normalized spacial score (nSPS) is 22.1. The fourth-order valence-electron chi connectivity index (χ4n) is 4.09. The summed E-state index contributed by atoms with van der Waals surface area (Å²) < 4.78 is 1.88. The fraction of sp³-hybridized carbons (Fsp3) is 0.571. The van der Waals surface area contributed by atoms with E-state index >= 15 is 0 Å². The summed E-state index contributed by atoms with van der Waals surface area (Å²) in [5.74, 6) is 0.600. The largest absolute Gasteiger partial charge is 0.396 e. The third-order valence-electron chi connectivity index (χ3n) is 5.59. The van der Waals surface area contributed by atoms with E-state index in [2.05, 4.69) is 48.2 Å². The Morgan fingerprint density at radius 1 is 1.24 bits per heavy atom. The van der Waals surface area contributed by atoms with Crippen LogP contribution in [0.25, 0.3) is 0 Å². The van der Waals surface area contributed by atoms with Gasteiger partial charge in [0.15, 0.2) is 0 Å². The van der Waals surface area contributed by atoms with Crippen LogP contribution in [0.4, 0.5) is 0 Å². The lowest BCUT2D eigenvalue weighted by Gasteiger charge is -2.26. The average Bonchev–Trinajstić information content (AvgIpc) is 2.91. The molecular weight excluding hydrogens is 310 g/mol. The van der Waals surface area contributed by atoms with Crippen molar-refractivity contribution in [2.45, 2.75) is 58.0 Å². The topological polar surface area (TPSA) is 41.3 Å². The van der Waals surface area contributed by atoms with Crippen molar-refractivity contribution in [2.24, 2.45) is 7.05 Å². The molecule has 4 heteroatoms. The van der Waals surface area contributed by atoms with Crippen molar-refractivity contribution in [1.82, 2.24) is 14.7 Å². The molecule has 4 nitrogen and oxygen atoms in total. The zero-order valence-corrected chi connectivity index (χ0v) is 15.8. The smallest absolute Gasteiger partial charge is 0.0534 e. The van der Waals surface area contributed by atoms with Gasteiger partial charge in [-0.2, -0.15) is 5.10 Å². The summed E-state index contributed by atoms with van der Waals surface area (Å²) in [5, 5.41) is 13.7. The van der Waals surface area contributed by atoms with Gasteiger partial charge in [-0.3, -0.25) is 9.58 Å². The van der Waals surface area contributed by atoms with Crippen molar-refractivity contribution in [3.63, 3.8) is 0 Å². The van der Waals surface area contributed by atoms with E-state index in [-0.39, 0.29) is 6.61 Å². The van der Waals surface area contributed by atoms with Crippen LogP contribution in [0, 0.1) is 6.92 Å². The Hall–Kier alpha value is -1.65. The lowest BCUT2D eigenvalue weighted by atomic mass is 9.86. The third-order valence-corrected chi connectivity index (χ3v) is 5.59. The number of aromatic nitrogens is 2. The van der Waals surface area contributed by atoms with E-state index in [0.717, 1.165) is 19.5 Å². The van der Waals surface area contributed by atoms with Crippen LogP contribution in [0.15, 0.2) is 30.6 Å². The van der Waals surface area contributed by atoms with Gasteiger partial charge in [0.2, 0.25) is 0 Å². The number of aryl methyl sites for hydroxylation is 2. The first-order valence-electron chi connectivity index (χ1n) is 9.48. The zero-order chi connectivity index (χ0) is 17.8. The van der Waals surface area contributed by atoms with Crippen molar-refractivity contribution in [1.29, 1.82) is 0 Å². The number of likely N-dealkylation sites (tertiary alicyclic amines) is 1. The molecule has 25 heavy (non-hydrogen) atoms. The van der Waals surface area contributed by atoms with Crippen LogP contribution in [0.2, 0.25) is 0 Å². The van der Waals surface area contributed by atoms with Crippen LogP contribution >= 0.6 is 0 Å². The van der Waals surface area contributed by atoms with E-state index in [1.54, 1.807) is 0 Å². The molecule has 2 atom stereocenters. The summed E-state index contributed by atoms with van der Waals surface area (Å²) in [6, 6.07) is 7.32. The summed E-state index contributed by atoms with van der Waals surface area (Å²) in [7, 11) is 1.98. The first-order valence-corrected chi connectivity index (χ1v) is 9.48. The average molecular weight is 341 g/mol. The van der Waals surface area contributed by atoms with Crippen molar-refractivity contribution in [3.8, 4) is 0 Å². The lowest BCUT2D eigenvalue weighted by molar-refractivity contribution is 0.204. The minimum Gasteiger partial charge on any atom is -0.396 e.